The van der Waals surface area contributed by atoms with Crippen molar-refractivity contribution in [3.63, 3.8) is 0 Å². The summed E-state index contributed by atoms with van der Waals surface area (Å²) in [5.74, 6) is 0.0318. The normalized spacial score (nSPS) is 15.7. The number of rotatable bonds is 4. The van der Waals surface area contributed by atoms with Crippen LogP contribution in [0.2, 0.25) is 0 Å². The van der Waals surface area contributed by atoms with E-state index < -0.39 is 0 Å². The van der Waals surface area contributed by atoms with E-state index in [9.17, 15) is 14.4 Å². The summed E-state index contributed by atoms with van der Waals surface area (Å²) >= 11 is 1.15. The minimum absolute atomic E-state index is 0.00717. The zero-order valence-corrected chi connectivity index (χ0v) is 12.6. The molecule has 1 aromatic carbocycles. The number of thioether (sulfide) groups is 1. The van der Waals surface area contributed by atoms with E-state index in [1.54, 1.807) is 24.3 Å². The summed E-state index contributed by atoms with van der Waals surface area (Å²) in [7, 11) is 0. The Labute approximate surface area is 122 Å². The predicted molar refractivity (Wildman–Crippen MR) is 78.7 cm³/mol. The quantitative estimate of drug-likeness (QED) is 0.800. The summed E-state index contributed by atoms with van der Waals surface area (Å²) in [5, 5.41) is -0.00717. The molecule has 1 aliphatic rings. The Morgan fingerprint density at radius 2 is 1.65 bits per heavy atom. The Balaban J connectivity index is 2.30. The van der Waals surface area contributed by atoms with Crippen LogP contribution in [0.5, 0.6) is 0 Å². The number of imide groups is 1. The van der Waals surface area contributed by atoms with Gasteiger partial charge in [-0.3, -0.25) is 19.3 Å². The molecule has 0 aromatic heterocycles. The fourth-order valence-electron chi connectivity index (χ4n) is 2.28. The van der Waals surface area contributed by atoms with Crippen LogP contribution in [0.3, 0.4) is 0 Å². The third-order valence-electron chi connectivity index (χ3n) is 3.38. The third-order valence-corrected chi connectivity index (χ3v) is 4.30. The molecular formula is C15H17NO3S. The molecule has 2 amide bonds. The molecule has 0 unspecified atom stereocenters. The van der Waals surface area contributed by atoms with E-state index in [0.717, 1.165) is 11.8 Å². The maximum absolute atomic E-state index is 12.4. The van der Waals surface area contributed by atoms with Gasteiger partial charge in [0, 0.05) is 12.7 Å². The number of fused-ring (bicyclic) bond motifs is 1. The Bertz CT molecular complexity index is 533. The summed E-state index contributed by atoms with van der Waals surface area (Å²) < 4.78 is 0. The molecule has 1 heterocycles. The molecule has 4 nitrogen and oxygen atoms in total. The second-order valence-corrected chi connectivity index (χ2v) is 6.34. The van der Waals surface area contributed by atoms with E-state index in [0.29, 0.717) is 16.9 Å². The van der Waals surface area contributed by atoms with Crippen molar-refractivity contribution in [2.75, 3.05) is 5.75 Å². The highest BCUT2D eigenvalue weighted by Crippen LogP contribution is 2.28. The van der Waals surface area contributed by atoms with Gasteiger partial charge in [0.15, 0.2) is 5.12 Å². The topological polar surface area (TPSA) is 54.5 Å². The average molecular weight is 291 g/mol. The SMILES string of the molecule is CC(=O)SC[C@H](C(C)C)N1C(=O)c2ccccc2C1=O. The first-order chi connectivity index (χ1) is 9.43. The van der Waals surface area contributed by atoms with E-state index in [1.807, 2.05) is 13.8 Å². The number of carbonyl (C=O) groups is 3. The van der Waals surface area contributed by atoms with Gasteiger partial charge in [-0.15, -0.1) is 0 Å². The second-order valence-electron chi connectivity index (χ2n) is 5.14. The summed E-state index contributed by atoms with van der Waals surface area (Å²) in [6.07, 6.45) is 0. The second kappa shape index (κ2) is 5.79. The molecule has 0 fully saturated rings. The maximum Gasteiger partial charge on any atom is 0.261 e. The van der Waals surface area contributed by atoms with Crippen LogP contribution >= 0.6 is 11.8 Å². The highest BCUT2D eigenvalue weighted by Gasteiger charge is 2.40. The highest BCUT2D eigenvalue weighted by atomic mass is 32.2. The number of hydrogen-bond donors (Lipinski definition) is 0. The van der Waals surface area contributed by atoms with Crippen LogP contribution in [0.15, 0.2) is 24.3 Å². The van der Waals surface area contributed by atoms with Crippen molar-refractivity contribution in [2.45, 2.75) is 26.8 Å². The van der Waals surface area contributed by atoms with Gasteiger partial charge in [-0.25, -0.2) is 0 Å². The van der Waals surface area contributed by atoms with Crippen molar-refractivity contribution in [1.82, 2.24) is 4.90 Å². The van der Waals surface area contributed by atoms with Crippen molar-refractivity contribution < 1.29 is 14.4 Å². The van der Waals surface area contributed by atoms with E-state index in [1.165, 1.54) is 11.8 Å². The van der Waals surface area contributed by atoms with E-state index in [4.69, 9.17) is 0 Å². The van der Waals surface area contributed by atoms with Crippen LogP contribution in [0, 0.1) is 5.92 Å². The summed E-state index contributed by atoms with van der Waals surface area (Å²) in [6.45, 7) is 5.40. The van der Waals surface area contributed by atoms with Crippen molar-refractivity contribution in [1.29, 1.82) is 0 Å². The molecule has 0 radical (unpaired) electrons. The van der Waals surface area contributed by atoms with E-state index >= 15 is 0 Å². The van der Waals surface area contributed by atoms with Gasteiger partial charge in [0.2, 0.25) is 0 Å². The molecule has 20 heavy (non-hydrogen) atoms. The van der Waals surface area contributed by atoms with Gasteiger partial charge in [0.25, 0.3) is 11.8 Å². The average Bonchev–Trinajstić information content (AvgIpc) is 2.64. The molecule has 0 spiro atoms. The van der Waals surface area contributed by atoms with E-state index in [-0.39, 0.29) is 28.9 Å². The predicted octanol–water partition coefficient (Wildman–Crippen LogP) is 2.59. The zero-order valence-electron chi connectivity index (χ0n) is 11.8. The van der Waals surface area contributed by atoms with Crippen LogP contribution < -0.4 is 0 Å². The van der Waals surface area contributed by atoms with Crippen LogP contribution in [0.1, 0.15) is 41.5 Å². The van der Waals surface area contributed by atoms with Crippen molar-refractivity contribution >= 4 is 28.7 Å². The van der Waals surface area contributed by atoms with Crippen LogP contribution in [-0.4, -0.2) is 33.6 Å². The van der Waals surface area contributed by atoms with E-state index in [2.05, 4.69) is 0 Å². The first kappa shape index (κ1) is 14.8. The molecule has 5 heteroatoms. The molecule has 1 aliphatic heterocycles. The fraction of sp³-hybridized carbons (Fsp3) is 0.400. The molecule has 0 aliphatic carbocycles. The lowest BCUT2D eigenvalue weighted by Crippen LogP contribution is -2.44. The van der Waals surface area contributed by atoms with Crippen molar-refractivity contribution in [3.05, 3.63) is 35.4 Å². The van der Waals surface area contributed by atoms with Crippen molar-refractivity contribution in [2.24, 2.45) is 5.92 Å². The van der Waals surface area contributed by atoms with Gasteiger partial charge >= 0.3 is 0 Å². The van der Waals surface area contributed by atoms with Crippen LogP contribution in [0.4, 0.5) is 0 Å². The third kappa shape index (κ3) is 2.63. The smallest absolute Gasteiger partial charge is 0.261 e. The number of benzene rings is 1. The minimum atomic E-state index is -0.267. The summed E-state index contributed by atoms with van der Waals surface area (Å²) in [6, 6.07) is 6.58. The Morgan fingerprint density at radius 1 is 1.15 bits per heavy atom. The Hall–Kier alpha value is -1.62. The Kier molecular flexibility index (Phi) is 4.28. The van der Waals surface area contributed by atoms with Gasteiger partial charge in [-0.1, -0.05) is 37.7 Å². The standard InChI is InChI=1S/C15H17NO3S/c1-9(2)13(8-20-10(3)17)16-14(18)11-6-4-5-7-12(11)15(16)19/h4-7,9,13H,8H2,1-3H3/t13-/m1/s1. The lowest BCUT2D eigenvalue weighted by atomic mass is 10.0. The largest absolute Gasteiger partial charge is 0.288 e. The zero-order chi connectivity index (χ0) is 14.9. The lowest BCUT2D eigenvalue weighted by Gasteiger charge is -2.28. The fourth-order valence-corrected chi connectivity index (χ4v) is 3.22. The molecule has 0 bridgehead atoms. The molecule has 0 N–H and O–H groups in total. The highest BCUT2D eigenvalue weighted by molar-refractivity contribution is 8.13. The molecule has 0 saturated carbocycles. The molecule has 0 saturated heterocycles. The number of amides is 2. The molecule has 1 aromatic rings. The summed E-state index contributed by atoms with van der Waals surface area (Å²) in [4.78, 5) is 37.3. The summed E-state index contributed by atoms with van der Waals surface area (Å²) in [5.41, 5.74) is 0.909. The van der Waals surface area contributed by atoms with Crippen LogP contribution in [0.25, 0.3) is 0 Å². The Morgan fingerprint density at radius 3 is 2.05 bits per heavy atom. The minimum Gasteiger partial charge on any atom is -0.288 e. The molecule has 1 atom stereocenters. The van der Waals surface area contributed by atoms with Gasteiger partial charge < -0.3 is 0 Å². The first-order valence-corrected chi connectivity index (χ1v) is 7.52. The molecule has 2 rings (SSSR count). The van der Waals surface area contributed by atoms with Gasteiger partial charge in [0.05, 0.1) is 17.2 Å². The monoisotopic (exact) mass is 291 g/mol. The lowest BCUT2D eigenvalue weighted by molar-refractivity contribution is -0.109. The molecular weight excluding hydrogens is 274 g/mol. The number of hydrogen-bond acceptors (Lipinski definition) is 4. The van der Waals surface area contributed by atoms with Gasteiger partial charge in [-0.05, 0) is 18.1 Å². The number of nitrogens with zero attached hydrogens (tertiary/aromatic N) is 1. The van der Waals surface area contributed by atoms with Gasteiger partial charge in [-0.2, -0.15) is 0 Å². The van der Waals surface area contributed by atoms with Crippen molar-refractivity contribution in [3.8, 4) is 0 Å². The number of carbonyl (C=O) groups excluding carboxylic acids is 3. The first-order valence-electron chi connectivity index (χ1n) is 6.53. The molecule has 106 valence electrons. The maximum atomic E-state index is 12.4. The van der Waals surface area contributed by atoms with Crippen LogP contribution in [-0.2, 0) is 4.79 Å². The van der Waals surface area contributed by atoms with Gasteiger partial charge in [0.1, 0.15) is 0 Å².